The van der Waals surface area contributed by atoms with Crippen LogP contribution in [0.3, 0.4) is 0 Å². The highest BCUT2D eigenvalue weighted by molar-refractivity contribution is 5.70. The van der Waals surface area contributed by atoms with Crippen molar-refractivity contribution in [2.75, 3.05) is 0 Å². The summed E-state index contributed by atoms with van der Waals surface area (Å²) >= 11 is 0. The third-order valence-electron chi connectivity index (χ3n) is 4.01. The molecule has 4 aromatic rings. The molecule has 114 valence electrons. The van der Waals surface area contributed by atoms with Gasteiger partial charge in [-0.15, -0.1) is 0 Å². The summed E-state index contributed by atoms with van der Waals surface area (Å²) in [5.74, 6) is 0.750. The Labute approximate surface area is 141 Å². The second-order valence-electron chi connectivity index (χ2n) is 5.60. The molecule has 4 rings (SSSR count). The van der Waals surface area contributed by atoms with Gasteiger partial charge in [-0.1, -0.05) is 84.9 Å². The molecule has 0 amide bonds. The van der Waals surface area contributed by atoms with Crippen molar-refractivity contribution < 1.29 is 0 Å². The molecule has 0 radical (unpaired) electrons. The van der Waals surface area contributed by atoms with Gasteiger partial charge in [0.2, 0.25) is 0 Å². The van der Waals surface area contributed by atoms with Gasteiger partial charge >= 0.3 is 0 Å². The quantitative estimate of drug-likeness (QED) is 0.501. The summed E-state index contributed by atoms with van der Waals surface area (Å²) in [5, 5.41) is 0. The average molecular weight is 308 g/mol. The minimum atomic E-state index is 0.750. The Hall–Kier alpha value is -3.26. The third kappa shape index (κ3) is 2.95. The van der Waals surface area contributed by atoms with Gasteiger partial charge in [0.15, 0.2) is 5.82 Å². The maximum Gasteiger partial charge on any atom is 0.159 e. The fourth-order valence-corrected chi connectivity index (χ4v) is 2.70. The molecule has 1 aromatic heterocycles. The van der Waals surface area contributed by atoms with Crippen molar-refractivity contribution in [3.05, 3.63) is 97.3 Å². The second kappa shape index (κ2) is 6.47. The van der Waals surface area contributed by atoms with Crippen LogP contribution in [0.4, 0.5) is 0 Å². The van der Waals surface area contributed by atoms with Crippen molar-refractivity contribution in [2.45, 2.75) is 0 Å². The first-order valence-corrected chi connectivity index (χ1v) is 7.93. The molecular weight excluding hydrogens is 292 g/mol. The van der Waals surface area contributed by atoms with Crippen molar-refractivity contribution in [1.82, 2.24) is 9.97 Å². The van der Waals surface area contributed by atoms with Gasteiger partial charge in [0.1, 0.15) is 0 Å². The number of aromatic nitrogens is 2. The van der Waals surface area contributed by atoms with Gasteiger partial charge in [-0.05, 0) is 16.7 Å². The maximum absolute atomic E-state index is 4.49. The number of hydrogen-bond acceptors (Lipinski definition) is 2. The summed E-state index contributed by atoms with van der Waals surface area (Å²) in [4.78, 5) is 8.99. The van der Waals surface area contributed by atoms with Gasteiger partial charge in [0.25, 0.3) is 0 Å². The van der Waals surface area contributed by atoms with E-state index in [9.17, 15) is 0 Å². The molecule has 0 spiro atoms. The SMILES string of the molecule is c1ccc(-c2ccc(-c3cnc(-c4ccccc4)nc3)cc2)cc1. The minimum absolute atomic E-state index is 0.750. The highest BCUT2D eigenvalue weighted by Crippen LogP contribution is 2.24. The molecule has 0 bridgehead atoms. The van der Waals surface area contributed by atoms with E-state index in [2.05, 4.69) is 58.5 Å². The second-order valence-corrected chi connectivity index (χ2v) is 5.60. The molecule has 0 atom stereocenters. The number of benzene rings is 3. The van der Waals surface area contributed by atoms with E-state index >= 15 is 0 Å². The Bertz CT molecular complexity index is 832. The zero-order chi connectivity index (χ0) is 16.2. The topological polar surface area (TPSA) is 25.8 Å². The largest absolute Gasteiger partial charge is 0.236 e. The summed E-state index contributed by atoms with van der Waals surface area (Å²) in [6.45, 7) is 0. The van der Waals surface area contributed by atoms with Crippen molar-refractivity contribution in [1.29, 1.82) is 0 Å². The van der Waals surface area contributed by atoms with Crippen LogP contribution in [-0.2, 0) is 0 Å². The summed E-state index contributed by atoms with van der Waals surface area (Å²) in [7, 11) is 0. The van der Waals surface area contributed by atoms with Crippen LogP contribution < -0.4 is 0 Å². The van der Waals surface area contributed by atoms with Crippen LogP contribution in [0.15, 0.2) is 97.3 Å². The minimum Gasteiger partial charge on any atom is -0.236 e. The van der Waals surface area contributed by atoms with Crippen LogP contribution in [0.1, 0.15) is 0 Å². The molecule has 0 aliphatic carbocycles. The van der Waals surface area contributed by atoms with Gasteiger partial charge in [-0.25, -0.2) is 9.97 Å². The number of hydrogen-bond donors (Lipinski definition) is 0. The summed E-state index contributed by atoms with van der Waals surface area (Å²) < 4.78 is 0. The van der Waals surface area contributed by atoms with E-state index in [1.165, 1.54) is 11.1 Å². The van der Waals surface area contributed by atoms with E-state index in [0.29, 0.717) is 0 Å². The van der Waals surface area contributed by atoms with E-state index in [-0.39, 0.29) is 0 Å². The maximum atomic E-state index is 4.49. The Morgan fingerprint density at radius 1 is 0.375 bits per heavy atom. The molecule has 2 nitrogen and oxygen atoms in total. The van der Waals surface area contributed by atoms with E-state index in [1.54, 1.807) is 0 Å². The van der Waals surface area contributed by atoms with Gasteiger partial charge in [0, 0.05) is 23.5 Å². The predicted octanol–water partition coefficient (Wildman–Crippen LogP) is 5.48. The van der Waals surface area contributed by atoms with Crippen LogP contribution in [0, 0.1) is 0 Å². The van der Waals surface area contributed by atoms with Crippen LogP contribution in [0.25, 0.3) is 33.6 Å². The summed E-state index contributed by atoms with van der Waals surface area (Å²) in [6.07, 6.45) is 3.76. The lowest BCUT2D eigenvalue weighted by molar-refractivity contribution is 1.18. The Kier molecular flexibility index (Phi) is 3.86. The molecule has 3 aromatic carbocycles. The van der Waals surface area contributed by atoms with E-state index < -0.39 is 0 Å². The standard InChI is InChI=1S/C22H16N2/c1-3-7-17(8-4-1)18-11-13-19(14-12-18)21-15-23-22(24-16-21)20-9-5-2-6-10-20/h1-16H. The first-order chi connectivity index (χ1) is 11.9. The fraction of sp³-hybridized carbons (Fsp3) is 0. The normalized spacial score (nSPS) is 10.5. The first kappa shape index (κ1) is 14.3. The molecule has 0 N–H and O–H groups in total. The molecule has 0 fully saturated rings. The van der Waals surface area contributed by atoms with E-state index in [4.69, 9.17) is 0 Å². The fourth-order valence-electron chi connectivity index (χ4n) is 2.70. The molecule has 0 unspecified atom stereocenters. The average Bonchev–Trinajstić information content (AvgIpc) is 2.70. The highest BCUT2D eigenvalue weighted by atomic mass is 14.9. The Balaban J connectivity index is 1.60. The molecule has 1 heterocycles. The van der Waals surface area contributed by atoms with E-state index in [1.807, 2.05) is 48.8 Å². The summed E-state index contributed by atoms with van der Waals surface area (Å²) in [6, 6.07) is 28.9. The molecule has 24 heavy (non-hydrogen) atoms. The molecule has 0 saturated carbocycles. The van der Waals surface area contributed by atoms with Crippen molar-refractivity contribution in [2.24, 2.45) is 0 Å². The van der Waals surface area contributed by atoms with E-state index in [0.717, 1.165) is 22.5 Å². The van der Waals surface area contributed by atoms with Gasteiger partial charge in [0.05, 0.1) is 0 Å². The molecule has 0 aliphatic heterocycles. The molecule has 0 saturated heterocycles. The van der Waals surface area contributed by atoms with Crippen molar-refractivity contribution in [3.8, 4) is 33.6 Å². The van der Waals surface area contributed by atoms with Crippen LogP contribution in [-0.4, -0.2) is 9.97 Å². The molecular formula is C22H16N2. The van der Waals surface area contributed by atoms with Gasteiger partial charge < -0.3 is 0 Å². The lowest BCUT2D eigenvalue weighted by Gasteiger charge is -2.05. The van der Waals surface area contributed by atoms with Gasteiger partial charge in [-0.3, -0.25) is 0 Å². The zero-order valence-electron chi connectivity index (χ0n) is 13.1. The lowest BCUT2D eigenvalue weighted by Crippen LogP contribution is -1.89. The smallest absolute Gasteiger partial charge is 0.159 e. The van der Waals surface area contributed by atoms with Gasteiger partial charge in [-0.2, -0.15) is 0 Å². The van der Waals surface area contributed by atoms with Crippen LogP contribution in [0.2, 0.25) is 0 Å². The molecule has 2 heteroatoms. The van der Waals surface area contributed by atoms with Crippen molar-refractivity contribution >= 4 is 0 Å². The Morgan fingerprint density at radius 2 is 0.792 bits per heavy atom. The monoisotopic (exact) mass is 308 g/mol. The number of nitrogens with zero attached hydrogens (tertiary/aromatic N) is 2. The van der Waals surface area contributed by atoms with Crippen molar-refractivity contribution in [3.63, 3.8) is 0 Å². The third-order valence-corrected chi connectivity index (χ3v) is 4.01. The zero-order valence-corrected chi connectivity index (χ0v) is 13.1. The summed E-state index contributed by atoms with van der Waals surface area (Å²) in [5.41, 5.74) is 5.60. The highest BCUT2D eigenvalue weighted by Gasteiger charge is 2.03. The first-order valence-electron chi connectivity index (χ1n) is 7.93. The number of rotatable bonds is 3. The van der Waals surface area contributed by atoms with Crippen LogP contribution in [0.5, 0.6) is 0 Å². The predicted molar refractivity (Wildman–Crippen MR) is 98.3 cm³/mol. The van der Waals surface area contributed by atoms with Crippen LogP contribution >= 0.6 is 0 Å². The molecule has 0 aliphatic rings. The lowest BCUT2D eigenvalue weighted by atomic mass is 10.0. The Morgan fingerprint density at radius 3 is 1.33 bits per heavy atom.